The number of hydrogen-bond acceptors (Lipinski definition) is 4. The summed E-state index contributed by atoms with van der Waals surface area (Å²) in [5.41, 5.74) is 3.16. The summed E-state index contributed by atoms with van der Waals surface area (Å²) in [6.07, 6.45) is 5.06. The fourth-order valence-corrected chi connectivity index (χ4v) is 1.95. The van der Waals surface area contributed by atoms with E-state index in [-0.39, 0.29) is 6.61 Å². The summed E-state index contributed by atoms with van der Waals surface area (Å²) < 4.78 is 5.67. The molecule has 0 saturated carbocycles. The van der Waals surface area contributed by atoms with Crippen molar-refractivity contribution in [3.8, 4) is 23.1 Å². The van der Waals surface area contributed by atoms with Crippen LogP contribution in [0.3, 0.4) is 0 Å². The van der Waals surface area contributed by atoms with E-state index in [4.69, 9.17) is 10.00 Å². The minimum absolute atomic E-state index is 0.271. The molecule has 1 N–H and O–H groups in total. The Hall–Kier alpha value is -3.13. The van der Waals surface area contributed by atoms with Crippen LogP contribution in [-0.4, -0.2) is 15.0 Å². The molecule has 3 rings (SSSR count). The number of nitrogens with zero attached hydrogens (tertiary/aromatic N) is 3. The number of imidazole rings is 1. The smallest absolute Gasteiger partial charge is 0.132 e. The number of ether oxygens (including phenoxy) is 1. The van der Waals surface area contributed by atoms with Crippen LogP contribution in [0.25, 0.3) is 11.3 Å². The van der Waals surface area contributed by atoms with Crippen molar-refractivity contribution in [2.75, 3.05) is 0 Å². The van der Waals surface area contributed by atoms with Crippen molar-refractivity contribution in [2.24, 2.45) is 0 Å². The summed E-state index contributed by atoms with van der Waals surface area (Å²) in [5, 5.41) is 9.00. The highest BCUT2D eigenvalue weighted by Gasteiger charge is 2.04. The Morgan fingerprint density at radius 3 is 2.76 bits per heavy atom. The third kappa shape index (κ3) is 2.90. The summed E-state index contributed by atoms with van der Waals surface area (Å²) in [6.45, 7) is 0.271. The van der Waals surface area contributed by atoms with Crippen LogP contribution in [0, 0.1) is 11.3 Å². The molecule has 21 heavy (non-hydrogen) atoms. The fourth-order valence-electron chi connectivity index (χ4n) is 1.95. The van der Waals surface area contributed by atoms with Gasteiger partial charge in [0.2, 0.25) is 0 Å². The molecule has 0 unspecified atom stereocenters. The molecule has 0 fully saturated rings. The van der Waals surface area contributed by atoms with Gasteiger partial charge in [-0.1, -0.05) is 0 Å². The summed E-state index contributed by atoms with van der Waals surface area (Å²) >= 11 is 0. The van der Waals surface area contributed by atoms with Gasteiger partial charge < -0.3 is 9.72 Å². The number of rotatable bonds is 4. The zero-order chi connectivity index (χ0) is 14.5. The van der Waals surface area contributed by atoms with Crippen LogP contribution in [0.4, 0.5) is 0 Å². The van der Waals surface area contributed by atoms with Crippen LogP contribution in [0.5, 0.6) is 5.75 Å². The average Bonchev–Trinajstić information content (AvgIpc) is 3.08. The topological polar surface area (TPSA) is 74.6 Å². The minimum atomic E-state index is 0.271. The second kappa shape index (κ2) is 5.88. The highest BCUT2D eigenvalue weighted by Crippen LogP contribution is 2.20. The number of hydrogen-bond donors (Lipinski definition) is 1. The Labute approximate surface area is 121 Å². The average molecular weight is 276 g/mol. The number of benzene rings is 1. The van der Waals surface area contributed by atoms with Gasteiger partial charge in [-0.2, -0.15) is 5.26 Å². The lowest BCUT2D eigenvalue weighted by atomic mass is 10.1. The van der Waals surface area contributed by atoms with Gasteiger partial charge in [0.25, 0.3) is 0 Å². The number of pyridine rings is 1. The third-order valence-corrected chi connectivity index (χ3v) is 3.05. The van der Waals surface area contributed by atoms with E-state index in [1.54, 1.807) is 30.9 Å². The van der Waals surface area contributed by atoms with Crippen LogP contribution < -0.4 is 4.74 Å². The molecule has 2 aromatic heterocycles. The van der Waals surface area contributed by atoms with Gasteiger partial charge in [0.1, 0.15) is 18.4 Å². The van der Waals surface area contributed by atoms with E-state index >= 15 is 0 Å². The maximum Gasteiger partial charge on any atom is 0.132 e. The summed E-state index contributed by atoms with van der Waals surface area (Å²) in [7, 11) is 0. The van der Waals surface area contributed by atoms with Gasteiger partial charge in [0.15, 0.2) is 0 Å². The van der Waals surface area contributed by atoms with Crippen molar-refractivity contribution in [2.45, 2.75) is 6.61 Å². The Balaban J connectivity index is 1.70. The van der Waals surface area contributed by atoms with E-state index in [1.165, 1.54) is 0 Å². The molecule has 0 bridgehead atoms. The molecule has 5 nitrogen and oxygen atoms in total. The zero-order valence-corrected chi connectivity index (χ0v) is 11.2. The number of aromatic nitrogens is 3. The quantitative estimate of drug-likeness (QED) is 0.795. The minimum Gasteiger partial charge on any atom is -0.487 e. The van der Waals surface area contributed by atoms with Crippen LogP contribution in [0.2, 0.25) is 0 Å². The van der Waals surface area contributed by atoms with Gasteiger partial charge >= 0.3 is 0 Å². The van der Waals surface area contributed by atoms with Crippen LogP contribution >= 0.6 is 0 Å². The lowest BCUT2D eigenvalue weighted by molar-refractivity contribution is 0.301. The van der Waals surface area contributed by atoms with Crippen molar-refractivity contribution in [3.63, 3.8) is 0 Å². The second-order valence-corrected chi connectivity index (χ2v) is 4.39. The maximum atomic E-state index is 9.00. The number of nitrogens with one attached hydrogen (secondary N) is 1. The molecule has 0 atom stereocenters. The SMILES string of the molecule is N#Cc1cccnc1COc1ccc(-c2cnc[nH]2)cc1. The Morgan fingerprint density at radius 2 is 2.05 bits per heavy atom. The van der Waals surface area contributed by atoms with E-state index in [0.717, 1.165) is 17.0 Å². The lowest BCUT2D eigenvalue weighted by Crippen LogP contribution is -2.00. The standard InChI is InChI=1S/C16H12N4O/c17-8-13-2-1-7-19-16(13)10-21-14-5-3-12(4-6-14)15-9-18-11-20-15/h1-7,9,11H,10H2,(H,18,20). The lowest BCUT2D eigenvalue weighted by Gasteiger charge is -2.07. The molecule has 2 heterocycles. The first kappa shape index (κ1) is 12.9. The molecule has 0 aliphatic carbocycles. The first-order valence-electron chi connectivity index (χ1n) is 6.42. The molecular weight excluding hydrogens is 264 g/mol. The van der Waals surface area contributed by atoms with Crippen LogP contribution in [0.1, 0.15) is 11.3 Å². The third-order valence-electron chi connectivity index (χ3n) is 3.05. The van der Waals surface area contributed by atoms with Gasteiger partial charge in [0, 0.05) is 6.20 Å². The van der Waals surface area contributed by atoms with E-state index in [9.17, 15) is 0 Å². The molecule has 0 amide bonds. The maximum absolute atomic E-state index is 9.00. The van der Waals surface area contributed by atoms with Crippen molar-refractivity contribution in [1.29, 1.82) is 5.26 Å². The van der Waals surface area contributed by atoms with Crippen molar-refractivity contribution < 1.29 is 4.74 Å². The van der Waals surface area contributed by atoms with Gasteiger partial charge in [-0.3, -0.25) is 4.98 Å². The molecule has 102 valence electrons. The molecule has 0 aliphatic rings. The molecule has 0 spiro atoms. The van der Waals surface area contributed by atoms with Crippen molar-refractivity contribution >= 4 is 0 Å². The zero-order valence-electron chi connectivity index (χ0n) is 11.2. The second-order valence-electron chi connectivity index (χ2n) is 4.39. The molecule has 5 heteroatoms. The number of H-pyrrole nitrogens is 1. The van der Waals surface area contributed by atoms with E-state index < -0.39 is 0 Å². The molecule has 0 aliphatic heterocycles. The van der Waals surface area contributed by atoms with Crippen molar-refractivity contribution in [3.05, 3.63) is 66.4 Å². The van der Waals surface area contributed by atoms with E-state index in [1.807, 2.05) is 24.3 Å². The largest absolute Gasteiger partial charge is 0.487 e. The number of aromatic amines is 1. The van der Waals surface area contributed by atoms with Gasteiger partial charge in [0.05, 0.1) is 29.5 Å². The highest BCUT2D eigenvalue weighted by atomic mass is 16.5. The monoisotopic (exact) mass is 276 g/mol. The number of nitriles is 1. The molecule has 3 aromatic rings. The Morgan fingerprint density at radius 1 is 1.19 bits per heavy atom. The van der Waals surface area contributed by atoms with Gasteiger partial charge in [-0.15, -0.1) is 0 Å². The molecular formula is C16H12N4O. The van der Waals surface area contributed by atoms with E-state index in [2.05, 4.69) is 21.0 Å². The molecule has 0 radical (unpaired) electrons. The van der Waals surface area contributed by atoms with Crippen LogP contribution in [0.15, 0.2) is 55.1 Å². The van der Waals surface area contributed by atoms with Crippen molar-refractivity contribution in [1.82, 2.24) is 15.0 Å². The first-order chi connectivity index (χ1) is 10.4. The predicted molar refractivity (Wildman–Crippen MR) is 77.3 cm³/mol. The normalized spacial score (nSPS) is 10.0. The van der Waals surface area contributed by atoms with Gasteiger partial charge in [-0.25, -0.2) is 4.98 Å². The summed E-state index contributed by atoms with van der Waals surface area (Å²) in [5.74, 6) is 0.729. The summed E-state index contributed by atoms with van der Waals surface area (Å²) in [6, 6.07) is 13.2. The molecule has 0 saturated heterocycles. The predicted octanol–water partition coefficient (Wildman–Crippen LogP) is 2.92. The van der Waals surface area contributed by atoms with Gasteiger partial charge in [-0.05, 0) is 42.0 Å². The first-order valence-corrected chi connectivity index (χ1v) is 6.42. The highest BCUT2D eigenvalue weighted by molar-refractivity contribution is 5.58. The van der Waals surface area contributed by atoms with E-state index in [0.29, 0.717) is 11.3 Å². The molecule has 1 aromatic carbocycles. The summed E-state index contributed by atoms with van der Waals surface area (Å²) in [4.78, 5) is 11.2. The van der Waals surface area contributed by atoms with Crippen LogP contribution in [-0.2, 0) is 6.61 Å². The fraction of sp³-hybridized carbons (Fsp3) is 0.0625. The Kier molecular flexibility index (Phi) is 3.61. The Bertz CT molecular complexity index is 758.